The van der Waals surface area contributed by atoms with Crippen molar-refractivity contribution in [3.05, 3.63) is 99.6 Å². The Bertz CT molecular complexity index is 1400. The number of thiophene rings is 1. The van der Waals surface area contributed by atoms with Crippen LogP contribution in [-0.4, -0.2) is 22.2 Å². The number of fused-ring (bicyclic) bond motifs is 1. The zero-order chi connectivity index (χ0) is 24.6. The van der Waals surface area contributed by atoms with Crippen LogP contribution in [0.3, 0.4) is 0 Å². The molecule has 176 valence electrons. The maximum absolute atomic E-state index is 12.6. The standard InChI is InChI=1S/C25H17N2O2S2.C2H4O2.Na/c28-24-23(31-25(27-24)26-20-9-2-1-3-10-20)15-19-13-17-7-4-5-8-18(17)14-22(19)29-16-21-11-6-12-30-21;1-2(3)4;/h2-15H,16H2,(H,26,27,28);1H3,(H,3,4);/q-1;;+1. The normalized spacial score (nSPS) is 14.6. The Balaban J connectivity index is 0.000000674. The average Bonchev–Trinajstić information content (AvgIpc) is 3.47. The summed E-state index contributed by atoms with van der Waals surface area (Å²) in [6, 6.07) is 26.5. The molecular formula is C27H21N2NaO4S2. The van der Waals surface area contributed by atoms with Gasteiger partial charge < -0.3 is 15.2 Å². The predicted octanol–water partition coefficient (Wildman–Crippen LogP) is 3.27. The van der Waals surface area contributed by atoms with Gasteiger partial charge in [-0.05, 0) is 57.9 Å². The number of carbonyl (C=O) groups is 2. The molecule has 4 aromatic rings. The van der Waals surface area contributed by atoms with Crippen LogP contribution in [0.2, 0.25) is 0 Å². The van der Waals surface area contributed by atoms with Crippen molar-refractivity contribution in [2.24, 2.45) is 4.99 Å². The number of thioether (sulfide) groups is 1. The third-order valence-electron chi connectivity index (χ3n) is 4.70. The number of aliphatic imine (C=N–C) groups is 1. The summed E-state index contributed by atoms with van der Waals surface area (Å²) < 4.78 is 6.15. The van der Waals surface area contributed by atoms with Gasteiger partial charge in [0.25, 0.3) is 11.9 Å². The fourth-order valence-corrected chi connectivity index (χ4v) is 4.66. The second-order valence-electron chi connectivity index (χ2n) is 7.36. The summed E-state index contributed by atoms with van der Waals surface area (Å²) in [7, 11) is 0. The maximum atomic E-state index is 12.6. The van der Waals surface area contributed by atoms with Gasteiger partial charge in [-0.3, -0.25) is 14.6 Å². The van der Waals surface area contributed by atoms with Gasteiger partial charge in [-0.25, -0.2) is 0 Å². The van der Waals surface area contributed by atoms with E-state index < -0.39 is 5.97 Å². The van der Waals surface area contributed by atoms with Gasteiger partial charge in [0, 0.05) is 17.4 Å². The van der Waals surface area contributed by atoms with E-state index in [4.69, 9.17) is 14.6 Å². The first-order chi connectivity index (χ1) is 17.0. The Morgan fingerprint density at radius 3 is 2.47 bits per heavy atom. The molecule has 2 heterocycles. The number of benzene rings is 3. The van der Waals surface area contributed by atoms with Crippen molar-refractivity contribution in [2.45, 2.75) is 13.5 Å². The van der Waals surface area contributed by atoms with E-state index in [1.807, 2.05) is 53.9 Å². The van der Waals surface area contributed by atoms with Crippen LogP contribution in [0.15, 0.2) is 88.1 Å². The second kappa shape index (κ2) is 13.4. The van der Waals surface area contributed by atoms with Gasteiger partial charge in [-0.2, -0.15) is 18.2 Å². The number of nitrogens with zero attached hydrogens (tertiary/aromatic N) is 1. The van der Waals surface area contributed by atoms with Crippen molar-refractivity contribution >= 4 is 62.7 Å². The molecule has 3 aromatic carbocycles. The summed E-state index contributed by atoms with van der Waals surface area (Å²) in [4.78, 5) is 27.8. The number of amides is 1. The van der Waals surface area contributed by atoms with Crippen LogP contribution in [0.25, 0.3) is 16.8 Å². The van der Waals surface area contributed by atoms with Crippen LogP contribution in [0, 0.1) is 6.07 Å². The van der Waals surface area contributed by atoms with E-state index in [0.717, 1.165) is 39.6 Å². The zero-order valence-electron chi connectivity index (χ0n) is 19.7. The molecular weight excluding hydrogens is 503 g/mol. The third-order valence-corrected chi connectivity index (χ3v) is 6.46. The molecule has 0 saturated carbocycles. The Morgan fingerprint density at radius 1 is 1.11 bits per heavy atom. The fraction of sp³-hybridized carbons (Fsp3) is 0.0741. The Morgan fingerprint density at radius 2 is 1.81 bits per heavy atom. The molecule has 1 aromatic heterocycles. The van der Waals surface area contributed by atoms with E-state index >= 15 is 0 Å². The number of carbonyl (C=O) groups excluding carboxylic acids is 1. The van der Waals surface area contributed by atoms with Crippen molar-refractivity contribution in [1.82, 2.24) is 5.32 Å². The molecule has 0 bridgehead atoms. The number of amidine groups is 1. The molecule has 0 unspecified atom stereocenters. The summed E-state index contributed by atoms with van der Waals surface area (Å²) in [5, 5.41) is 15.0. The van der Waals surface area contributed by atoms with E-state index in [1.165, 1.54) is 11.8 Å². The van der Waals surface area contributed by atoms with E-state index in [-0.39, 0.29) is 35.5 Å². The number of carboxylic acids is 1. The first-order valence-electron chi connectivity index (χ1n) is 10.6. The van der Waals surface area contributed by atoms with E-state index in [9.17, 15) is 4.79 Å². The van der Waals surface area contributed by atoms with Crippen LogP contribution >= 0.6 is 23.1 Å². The maximum Gasteiger partial charge on any atom is 1.00 e. The molecule has 0 radical (unpaired) electrons. The fourth-order valence-electron chi connectivity index (χ4n) is 3.21. The number of ether oxygens (including phenoxy) is 1. The minimum Gasteiger partial charge on any atom is -0.487 e. The van der Waals surface area contributed by atoms with E-state index in [2.05, 4.69) is 34.6 Å². The van der Waals surface area contributed by atoms with Crippen molar-refractivity contribution < 1.29 is 49.0 Å². The Labute approximate surface area is 239 Å². The van der Waals surface area contributed by atoms with Gasteiger partial charge in [0.1, 0.15) is 12.4 Å². The van der Waals surface area contributed by atoms with E-state index in [1.54, 1.807) is 23.5 Å². The van der Waals surface area contributed by atoms with Crippen molar-refractivity contribution in [3.63, 3.8) is 0 Å². The summed E-state index contributed by atoms with van der Waals surface area (Å²) >= 11 is 2.98. The summed E-state index contributed by atoms with van der Waals surface area (Å²) in [5.41, 5.74) is 1.64. The van der Waals surface area contributed by atoms with Crippen LogP contribution in [-0.2, 0) is 16.2 Å². The molecule has 1 saturated heterocycles. The van der Waals surface area contributed by atoms with Crippen molar-refractivity contribution in [1.29, 1.82) is 0 Å². The smallest absolute Gasteiger partial charge is 0.487 e. The van der Waals surface area contributed by atoms with Crippen LogP contribution < -0.4 is 39.6 Å². The van der Waals surface area contributed by atoms with Gasteiger partial charge in [-0.15, -0.1) is 23.5 Å². The summed E-state index contributed by atoms with van der Waals surface area (Å²) in [6.07, 6.45) is 1.87. The molecule has 36 heavy (non-hydrogen) atoms. The summed E-state index contributed by atoms with van der Waals surface area (Å²) in [6.45, 7) is 1.57. The molecule has 5 rings (SSSR count). The number of nitrogens with one attached hydrogen (secondary N) is 1. The van der Waals surface area contributed by atoms with Gasteiger partial charge in [0.2, 0.25) is 0 Å². The first-order valence-corrected chi connectivity index (χ1v) is 12.3. The average molecular weight is 525 g/mol. The molecule has 1 aliphatic heterocycles. The molecule has 0 atom stereocenters. The molecule has 1 amide bonds. The molecule has 0 aliphatic carbocycles. The molecule has 2 N–H and O–H groups in total. The zero-order valence-corrected chi connectivity index (χ0v) is 23.4. The number of carboxylic acid groups (broad SMARTS) is 1. The minimum atomic E-state index is -0.833. The topological polar surface area (TPSA) is 88.0 Å². The minimum absolute atomic E-state index is 0. The Hall–Kier alpha value is -2.88. The summed E-state index contributed by atoms with van der Waals surface area (Å²) in [5.74, 6) is -0.249. The van der Waals surface area contributed by atoms with E-state index in [0.29, 0.717) is 16.7 Å². The Kier molecular flexibility index (Phi) is 10.3. The molecule has 6 nitrogen and oxygen atoms in total. The van der Waals surface area contributed by atoms with Gasteiger partial charge >= 0.3 is 29.6 Å². The van der Waals surface area contributed by atoms with Crippen molar-refractivity contribution in [2.75, 3.05) is 0 Å². The molecule has 0 spiro atoms. The second-order valence-corrected chi connectivity index (χ2v) is 9.43. The number of hydrogen-bond donors (Lipinski definition) is 2. The number of rotatable bonds is 5. The first kappa shape index (κ1) is 27.7. The van der Waals surface area contributed by atoms with Crippen LogP contribution in [0.5, 0.6) is 5.75 Å². The van der Waals surface area contributed by atoms with Crippen molar-refractivity contribution in [3.8, 4) is 5.75 Å². The molecule has 9 heteroatoms. The van der Waals surface area contributed by atoms with Gasteiger partial charge in [-0.1, -0.05) is 30.3 Å². The third kappa shape index (κ3) is 7.81. The molecule has 1 fully saturated rings. The van der Waals surface area contributed by atoms with Crippen LogP contribution in [0.4, 0.5) is 5.69 Å². The quantitative estimate of drug-likeness (QED) is 0.238. The number of hydrogen-bond acceptors (Lipinski definition) is 6. The van der Waals surface area contributed by atoms with Crippen LogP contribution in [0.1, 0.15) is 17.4 Å². The largest absolute Gasteiger partial charge is 1.00 e. The van der Waals surface area contributed by atoms with Gasteiger partial charge in [0.15, 0.2) is 5.17 Å². The predicted molar refractivity (Wildman–Crippen MR) is 142 cm³/mol. The molecule has 1 aliphatic rings. The number of aliphatic carboxylic acids is 1. The van der Waals surface area contributed by atoms with Gasteiger partial charge in [0.05, 0.1) is 4.91 Å². The monoisotopic (exact) mass is 524 g/mol. The SMILES string of the molecule is CC(=O)O.O=C1NC(=Nc2cc[c-]cc2)SC1=Cc1cc2ccccc2cc1OCc1cccs1.[Na+].